The van der Waals surface area contributed by atoms with Crippen LogP contribution in [0.25, 0.3) is 10.9 Å². The van der Waals surface area contributed by atoms with Crippen molar-refractivity contribution >= 4 is 22.7 Å². The Kier molecular flexibility index (Phi) is 7.78. The van der Waals surface area contributed by atoms with Crippen molar-refractivity contribution < 1.29 is 19.1 Å². The van der Waals surface area contributed by atoms with Gasteiger partial charge in [-0.3, -0.25) is 14.4 Å². The van der Waals surface area contributed by atoms with Gasteiger partial charge in [-0.2, -0.15) is 0 Å². The molecule has 8 nitrogen and oxygen atoms in total. The molecule has 1 unspecified atom stereocenters. The molecule has 9 rings (SSSR count). The van der Waals surface area contributed by atoms with E-state index in [0.29, 0.717) is 79.1 Å². The molecule has 8 bridgehead atoms. The molecule has 2 N–H and O–H groups in total. The summed E-state index contributed by atoms with van der Waals surface area (Å²) in [5.41, 5.74) is 4.74. The van der Waals surface area contributed by atoms with Crippen molar-refractivity contribution in [3.63, 3.8) is 0 Å². The fourth-order valence-corrected chi connectivity index (χ4v) is 6.25. The highest BCUT2D eigenvalue weighted by Gasteiger charge is 2.34. The van der Waals surface area contributed by atoms with Crippen LogP contribution in [0, 0.1) is 0 Å². The van der Waals surface area contributed by atoms with E-state index in [2.05, 4.69) is 10.3 Å². The number of H-pyrrole nitrogens is 1. The highest BCUT2D eigenvalue weighted by Crippen LogP contribution is 2.39. The Morgan fingerprint density at radius 2 is 1.64 bits per heavy atom. The SMILES string of the molecule is O=C1CCc2ccc(cc2)Oc2ccc3c(c2)CCN(C(=O)c2cc(=O)[nH]c4ccccc24)C3c2cccc(c2)OCCCN1. The minimum absolute atomic E-state index is 0.00905. The lowest BCUT2D eigenvalue weighted by Crippen LogP contribution is -2.41. The van der Waals surface area contributed by atoms with Crippen molar-refractivity contribution in [3.8, 4) is 17.2 Å². The lowest BCUT2D eigenvalue weighted by atomic mass is 9.87. The van der Waals surface area contributed by atoms with E-state index in [4.69, 9.17) is 9.47 Å². The molecule has 0 aliphatic carbocycles. The number of benzene rings is 4. The molecule has 226 valence electrons. The van der Waals surface area contributed by atoms with Crippen LogP contribution < -0.4 is 20.3 Å². The molecule has 0 radical (unpaired) electrons. The summed E-state index contributed by atoms with van der Waals surface area (Å²) < 4.78 is 12.3. The van der Waals surface area contributed by atoms with E-state index in [1.165, 1.54) is 6.07 Å². The standard InChI is InChI=1S/C37H33N3O5/c41-34-16-11-24-9-12-27(13-10-24)45-29-14-15-30-25(21-29)17-19-40(36(30)26-5-3-6-28(22-26)44-20-4-18-38-34)37(43)32-23-35(42)39-33-8-2-1-7-31(32)33/h1-3,5-10,12-15,21-23,36H,4,11,16-20H2,(H,38,41)(H,39,42). The number of carbonyl (C=O) groups is 2. The fourth-order valence-electron chi connectivity index (χ4n) is 6.25. The van der Waals surface area contributed by atoms with Gasteiger partial charge in [-0.05, 0) is 84.0 Å². The van der Waals surface area contributed by atoms with Crippen LogP contribution in [-0.2, 0) is 17.6 Å². The van der Waals surface area contributed by atoms with Gasteiger partial charge in [0, 0.05) is 36.5 Å². The minimum Gasteiger partial charge on any atom is -0.494 e. The maximum atomic E-state index is 14.4. The van der Waals surface area contributed by atoms with Crippen LogP contribution in [0.2, 0.25) is 0 Å². The summed E-state index contributed by atoms with van der Waals surface area (Å²) in [6.07, 6.45) is 2.36. The molecule has 8 heteroatoms. The first kappa shape index (κ1) is 28.4. The van der Waals surface area contributed by atoms with Crippen molar-refractivity contribution in [1.82, 2.24) is 15.2 Å². The van der Waals surface area contributed by atoms with Crippen LogP contribution in [0.3, 0.4) is 0 Å². The smallest absolute Gasteiger partial charge is 0.255 e. The van der Waals surface area contributed by atoms with Crippen molar-refractivity contribution in [2.45, 2.75) is 31.7 Å². The summed E-state index contributed by atoms with van der Waals surface area (Å²) in [7, 11) is 0. The van der Waals surface area contributed by atoms with Crippen LogP contribution in [0.15, 0.2) is 102 Å². The largest absolute Gasteiger partial charge is 0.494 e. The Bertz CT molecular complexity index is 1950. The zero-order valence-electron chi connectivity index (χ0n) is 24.8. The molecule has 4 aliphatic heterocycles. The Balaban J connectivity index is 1.29. The maximum absolute atomic E-state index is 14.4. The molecule has 0 fully saturated rings. The monoisotopic (exact) mass is 599 g/mol. The number of aromatic amines is 1. The molecule has 0 spiro atoms. The van der Waals surface area contributed by atoms with E-state index in [1.807, 2.05) is 95.9 Å². The summed E-state index contributed by atoms with van der Waals surface area (Å²) >= 11 is 0. The third kappa shape index (κ3) is 6.04. The molecular formula is C37H33N3O5. The topological polar surface area (TPSA) is 101 Å². The second-order valence-corrected chi connectivity index (χ2v) is 11.5. The van der Waals surface area contributed by atoms with E-state index in [1.54, 1.807) is 0 Å². The number of hydrogen-bond donors (Lipinski definition) is 2. The van der Waals surface area contributed by atoms with E-state index in [9.17, 15) is 14.4 Å². The van der Waals surface area contributed by atoms with Crippen LogP contribution >= 0.6 is 0 Å². The number of rotatable bonds is 1. The van der Waals surface area contributed by atoms with Gasteiger partial charge in [-0.1, -0.05) is 48.5 Å². The third-order valence-corrected chi connectivity index (χ3v) is 8.47. The van der Waals surface area contributed by atoms with E-state index in [0.717, 1.165) is 22.3 Å². The first-order valence-corrected chi connectivity index (χ1v) is 15.3. The lowest BCUT2D eigenvalue weighted by Gasteiger charge is -2.38. The second-order valence-electron chi connectivity index (χ2n) is 11.5. The Hall–Kier alpha value is -5.37. The summed E-state index contributed by atoms with van der Waals surface area (Å²) in [6, 6.07) is 30.0. The molecular weight excluding hydrogens is 566 g/mol. The zero-order chi connectivity index (χ0) is 30.8. The molecule has 0 saturated heterocycles. The van der Waals surface area contributed by atoms with Gasteiger partial charge in [0.1, 0.15) is 17.2 Å². The number of ether oxygens (including phenoxy) is 2. The Labute approximate surface area is 260 Å². The van der Waals surface area contributed by atoms with Crippen LogP contribution in [-0.4, -0.2) is 41.4 Å². The number of nitrogens with one attached hydrogen (secondary N) is 2. The first-order chi connectivity index (χ1) is 22.0. The van der Waals surface area contributed by atoms with Crippen molar-refractivity contribution in [1.29, 1.82) is 0 Å². The summed E-state index contributed by atoms with van der Waals surface area (Å²) in [5.74, 6) is 1.91. The molecule has 1 atom stereocenters. The molecule has 4 aromatic carbocycles. The summed E-state index contributed by atoms with van der Waals surface area (Å²) in [6.45, 7) is 1.42. The number of pyridine rings is 1. The average Bonchev–Trinajstić information content (AvgIpc) is 3.06. The van der Waals surface area contributed by atoms with Gasteiger partial charge >= 0.3 is 0 Å². The summed E-state index contributed by atoms with van der Waals surface area (Å²) in [4.78, 5) is 44.0. The van der Waals surface area contributed by atoms with Gasteiger partial charge in [0.2, 0.25) is 11.5 Å². The molecule has 5 aromatic rings. The summed E-state index contributed by atoms with van der Waals surface area (Å²) in [5, 5.41) is 3.68. The lowest BCUT2D eigenvalue weighted by molar-refractivity contribution is -0.121. The normalized spacial score (nSPS) is 16.8. The molecule has 4 aliphatic rings. The number of carbonyl (C=O) groups excluding carboxylic acids is 2. The minimum atomic E-state index is -0.412. The van der Waals surface area contributed by atoms with Crippen LogP contribution in [0.5, 0.6) is 17.2 Å². The zero-order valence-corrected chi connectivity index (χ0v) is 24.8. The first-order valence-electron chi connectivity index (χ1n) is 15.3. The molecule has 0 saturated carbocycles. The van der Waals surface area contributed by atoms with Crippen molar-refractivity contribution in [2.75, 3.05) is 19.7 Å². The predicted molar refractivity (Wildman–Crippen MR) is 172 cm³/mol. The number of para-hydroxylation sites is 1. The number of aryl methyl sites for hydroxylation is 1. The Morgan fingerprint density at radius 3 is 2.53 bits per heavy atom. The number of hydrogen-bond acceptors (Lipinski definition) is 5. The molecule has 45 heavy (non-hydrogen) atoms. The van der Waals surface area contributed by atoms with Gasteiger partial charge in [-0.15, -0.1) is 0 Å². The molecule has 5 heterocycles. The van der Waals surface area contributed by atoms with Gasteiger partial charge in [0.05, 0.1) is 18.2 Å². The number of aromatic nitrogens is 1. The quantitative estimate of drug-likeness (QED) is 0.249. The van der Waals surface area contributed by atoms with Gasteiger partial charge < -0.3 is 24.7 Å². The van der Waals surface area contributed by atoms with E-state index < -0.39 is 6.04 Å². The van der Waals surface area contributed by atoms with Gasteiger partial charge in [0.25, 0.3) is 5.91 Å². The highest BCUT2D eigenvalue weighted by molar-refractivity contribution is 6.06. The number of nitrogens with zero attached hydrogens (tertiary/aromatic N) is 1. The maximum Gasteiger partial charge on any atom is 0.255 e. The highest BCUT2D eigenvalue weighted by atomic mass is 16.5. The Morgan fingerprint density at radius 1 is 0.800 bits per heavy atom. The van der Waals surface area contributed by atoms with Crippen LogP contribution in [0.1, 0.15) is 51.5 Å². The van der Waals surface area contributed by atoms with Crippen LogP contribution in [0.4, 0.5) is 0 Å². The second kappa shape index (κ2) is 12.3. The third-order valence-electron chi connectivity index (χ3n) is 8.47. The average molecular weight is 600 g/mol. The molecule has 1 aromatic heterocycles. The van der Waals surface area contributed by atoms with Crippen molar-refractivity contribution in [2.24, 2.45) is 0 Å². The molecule has 2 amide bonds. The van der Waals surface area contributed by atoms with E-state index >= 15 is 0 Å². The van der Waals surface area contributed by atoms with E-state index in [-0.39, 0.29) is 17.4 Å². The fraction of sp³-hybridized carbons (Fsp3) is 0.216. The predicted octanol–water partition coefficient (Wildman–Crippen LogP) is 5.94. The number of fused-ring (bicyclic) bond motifs is 2. The van der Waals surface area contributed by atoms with Gasteiger partial charge in [0.15, 0.2) is 0 Å². The number of amides is 2. The van der Waals surface area contributed by atoms with Gasteiger partial charge in [-0.25, -0.2) is 0 Å². The van der Waals surface area contributed by atoms with Crippen molar-refractivity contribution in [3.05, 3.63) is 135 Å².